The van der Waals surface area contributed by atoms with Crippen LogP contribution >= 0.6 is 38.5 Å². The number of carbonyl (C=O) groups excluding carboxylic acids is 1. The van der Waals surface area contributed by atoms with Gasteiger partial charge in [-0.05, 0) is 50.7 Å². The largest absolute Gasteiger partial charge is 0.290 e. The number of hydrogen-bond donors (Lipinski definition) is 0. The highest BCUT2D eigenvalue weighted by atomic mass is 127. The monoisotopic (exact) mass is 434 g/mol. The average Bonchev–Trinajstić information content (AvgIpc) is 2.28. The summed E-state index contributed by atoms with van der Waals surface area (Å²) in [5.74, 6) is -1.75. The number of ketones is 1. The molecule has 0 saturated heterocycles. The standard InChI is InChI=1S/C10H9BrFIO3S/c1-2-17(15,16)10(11,13)9(14)7-5-3-4-6-8(7)12/h3-6H,2H2,1H3/t10-/m0/s1. The Bertz CT molecular complexity index is 542. The predicted octanol–water partition coefficient (Wildman–Crippen LogP) is 2.93. The fraction of sp³-hybridized carbons (Fsp3) is 0.300. The van der Waals surface area contributed by atoms with Gasteiger partial charge in [-0.3, -0.25) is 4.79 Å². The summed E-state index contributed by atoms with van der Waals surface area (Å²) in [5, 5.41) is 0. The number of rotatable bonds is 4. The van der Waals surface area contributed by atoms with Crippen molar-refractivity contribution >= 4 is 54.1 Å². The molecule has 0 unspecified atom stereocenters. The third-order valence-electron chi connectivity index (χ3n) is 2.15. The third kappa shape index (κ3) is 2.87. The van der Waals surface area contributed by atoms with Crippen molar-refractivity contribution in [2.24, 2.45) is 0 Å². The van der Waals surface area contributed by atoms with Crippen LogP contribution in [0, 0.1) is 5.82 Å². The quantitative estimate of drug-likeness (QED) is 0.416. The Balaban J connectivity index is 3.28. The van der Waals surface area contributed by atoms with E-state index >= 15 is 0 Å². The molecule has 0 saturated carbocycles. The molecule has 1 atom stereocenters. The summed E-state index contributed by atoms with van der Waals surface area (Å²) in [7, 11) is -3.67. The summed E-state index contributed by atoms with van der Waals surface area (Å²) in [6.45, 7) is 1.43. The summed E-state index contributed by atoms with van der Waals surface area (Å²) in [5.41, 5.74) is -0.240. The van der Waals surface area contributed by atoms with E-state index in [1.807, 2.05) is 0 Å². The van der Waals surface area contributed by atoms with Crippen LogP contribution in [0.4, 0.5) is 4.39 Å². The maximum Gasteiger partial charge on any atom is 0.239 e. The fourth-order valence-electron chi connectivity index (χ4n) is 1.12. The Hall–Kier alpha value is -0.0200. The van der Waals surface area contributed by atoms with Crippen LogP contribution in [-0.4, -0.2) is 21.6 Å². The predicted molar refractivity (Wildman–Crippen MR) is 75.9 cm³/mol. The number of hydrogen-bond acceptors (Lipinski definition) is 3. The van der Waals surface area contributed by atoms with E-state index in [0.29, 0.717) is 0 Å². The van der Waals surface area contributed by atoms with Crippen LogP contribution in [0.1, 0.15) is 17.3 Å². The van der Waals surface area contributed by atoms with E-state index < -0.39 is 23.1 Å². The highest BCUT2D eigenvalue weighted by molar-refractivity contribution is 14.1. The minimum atomic E-state index is -3.67. The molecule has 3 nitrogen and oxygen atoms in total. The van der Waals surface area contributed by atoms with Crippen molar-refractivity contribution < 1.29 is 17.6 Å². The van der Waals surface area contributed by atoms with Gasteiger partial charge in [0.05, 0.1) is 11.3 Å². The van der Waals surface area contributed by atoms with E-state index in [1.165, 1.54) is 47.7 Å². The zero-order valence-electron chi connectivity index (χ0n) is 8.78. The number of carbonyl (C=O) groups is 1. The topological polar surface area (TPSA) is 51.2 Å². The zero-order valence-corrected chi connectivity index (χ0v) is 13.3. The van der Waals surface area contributed by atoms with Gasteiger partial charge in [0, 0.05) is 0 Å². The molecular formula is C10H9BrFIO3S. The molecule has 0 aliphatic heterocycles. The maximum atomic E-state index is 13.4. The number of sulfone groups is 1. The molecule has 0 N–H and O–H groups in total. The first-order valence-corrected chi connectivity index (χ1v) is 8.16. The minimum absolute atomic E-state index is 0.207. The molecule has 0 amide bonds. The van der Waals surface area contributed by atoms with Crippen molar-refractivity contribution in [2.75, 3.05) is 5.75 Å². The van der Waals surface area contributed by atoms with E-state index in [1.54, 1.807) is 0 Å². The van der Waals surface area contributed by atoms with E-state index in [0.717, 1.165) is 6.07 Å². The Kier molecular flexibility index (Phi) is 4.70. The molecular weight excluding hydrogens is 426 g/mol. The summed E-state index contributed by atoms with van der Waals surface area (Å²) in [6.07, 6.45) is 0. The van der Waals surface area contributed by atoms with E-state index in [4.69, 9.17) is 0 Å². The second kappa shape index (κ2) is 5.31. The van der Waals surface area contributed by atoms with Crippen LogP contribution < -0.4 is 0 Å². The van der Waals surface area contributed by atoms with Crippen LogP contribution in [0.3, 0.4) is 0 Å². The number of Topliss-reactive ketones (excluding diaryl/α,β-unsaturated/α-hetero) is 1. The molecule has 7 heteroatoms. The number of benzene rings is 1. The van der Waals surface area contributed by atoms with E-state index in [-0.39, 0.29) is 11.3 Å². The summed E-state index contributed by atoms with van der Waals surface area (Å²) >= 11 is 4.36. The smallest absolute Gasteiger partial charge is 0.239 e. The van der Waals surface area contributed by atoms with Gasteiger partial charge in [0.25, 0.3) is 0 Å². The highest BCUT2D eigenvalue weighted by Gasteiger charge is 2.45. The van der Waals surface area contributed by atoms with Gasteiger partial charge in [0.2, 0.25) is 7.45 Å². The lowest BCUT2D eigenvalue weighted by Gasteiger charge is -2.18. The summed E-state index contributed by atoms with van der Waals surface area (Å²) < 4.78 is 35.1. The normalized spacial score (nSPS) is 15.3. The van der Waals surface area contributed by atoms with Gasteiger partial charge in [-0.25, -0.2) is 12.8 Å². The fourth-order valence-corrected chi connectivity index (χ4v) is 4.00. The van der Waals surface area contributed by atoms with Gasteiger partial charge in [0.1, 0.15) is 5.82 Å². The summed E-state index contributed by atoms with van der Waals surface area (Å²) in [4.78, 5) is 12.0. The first-order valence-electron chi connectivity index (χ1n) is 4.63. The number of alkyl halides is 2. The van der Waals surface area contributed by atoms with Gasteiger partial charge >= 0.3 is 0 Å². The molecule has 0 aliphatic carbocycles. The van der Waals surface area contributed by atoms with Crippen LogP contribution in [-0.2, 0) is 9.84 Å². The molecule has 94 valence electrons. The van der Waals surface area contributed by atoms with Crippen molar-refractivity contribution in [2.45, 2.75) is 8.59 Å². The van der Waals surface area contributed by atoms with Crippen molar-refractivity contribution in [1.82, 2.24) is 0 Å². The Morgan fingerprint density at radius 1 is 1.47 bits per heavy atom. The Morgan fingerprint density at radius 2 is 2.00 bits per heavy atom. The summed E-state index contributed by atoms with van der Waals surface area (Å²) in [6, 6.07) is 5.29. The van der Waals surface area contributed by atoms with E-state index in [9.17, 15) is 17.6 Å². The lowest BCUT2D eigenvalue weighted by molar-refractivity contribution is 0.100. The molecule has 0 heterocycles. The van der Waals surface area contributed by atoms with Crippen molar-refractivity contribution in [1.29, 1.82) is 0 Å². The number of halogens is 3. The maximum absolute atomic E-state index is 13.4. The lowest BCUT2D eigenvalue weighted by Crippen LogP contribution is -2.36. The molecule has 0 aliphatic rings. The minimum Gasteiger partial charge on any atom is -0.290 e. The van der Waals surface area contributed by atoms with Gasteiger partial charge in [-0.1, -0.05) is 19.1 Å². The SMILES string of the molecule is CCS(=O)(=O)[C@@](Br)(I)C(=O)c1ccccc1F. The van der Waals surface area contributed by atoms with Gasteiger partial charge in [-0.2, -0.15) is 0 Å². The molecule has 0 radical (unpaired) electrons. The molecule has 0 spiro atoms. The molecule has 0 aromatic heterocycles. The first-order chi connectivity index (χ1) is 7.74. The van der Waals surface area contributed by atoms with Crippen molar-refractivity contribution in [3.05, 3.63) is 35.6 Å². The average molecular weight is 435 g/mol. The molecule has 0 bridgehead atoms. The van der Waals surface area contributed by atoms with E-state index in [2.05, 4.69) is 15.9 Å². The first kappa shape index (κ1) is 15.0. The molecule has 1 aromatic carbocycles. The molecule has 1 aromatic rings. The van der Waals surface area contributed by atoms with Crippen LogP contribution in [0.5, 0.6) is 0 Å². The van der Waals surface area contributed by atoms with Crippen LogP contribution in [0.25, 0.3) is 0 Å². The van der Waals surface area contributed by atoms with Gasteiger partial charge in [0.15, 0.2) is 9.84 Å². The molecule has 1 rings (SSSR count). The molecule has 0 fully saturated rings. The third-order valence-corrected chi connectivity index (χ3v) is 8.22. The van der Waals surface area contributed by atoms with Gasteiger partial charge < -0.3 is 0 Å². The zero-order chi connectivity index (χ0) is 13.3. The van der Waals surface area contributed by atoms with Crippen molar-refractivity contribution in [3.63, 3.8) is 0 Å². The molecule has 17 heavy (non-hydrogen) atoms. The second-order valence-electron chi connectivity index (χ2n) is 3.23. The Morgan fingerprint density at radius 3 is 2.47 bits per heavy atom. The lowest BCUT2D eigenvalue weighted by atomic mass is 10.1. The van der Waals surface area contributed by atoms with Gasteiger partial charge in [-0.15, -0.1) is 0 Å². The highest BCUT2D eigenvalue weighted by Crippen LogP contribution is 2.37. The van der Waals surface area contributed by atoms with Crippen LogP contribution in [0.15, 0.2) is 24.3 Å². The second-order valence-corrected chi connectivity index (χ2v) is 11.2. The Labute approximate surface area is 121 Å². The van der Waals surface area contributed by atoms with Crippen LogP contribution in [0.2, 0.25) is 0 Å². The van der Waals surface area contributed by atoms with Crippen molar-refractivity contribution in [3.8, 4) is 0 Å².